The normalized spacial score (nSPS) is 24.6. The van der Waals surface area contributed by atoms with E-state index in [0.29, 0.717) is 31.3 Å². The maximum absolute atomic E-state index is 14.6. The summed E-state index contributed by atoms with van der Waals surface area (Å²) in [6, 6.07) is 3.85. The molecule has 2 unspecified atom stereocenters. The Labute approximate surface area is 199 Å². The van der Waals surface area contributed by atoms with Gasteiger partial charge in [-0.25, -0.2) is 4.39 Å². The smallest absolute Gasteiger partial charge is 0.396 e. The molecular formula is C24H27F4N3O4. The van der Waals surface area contributed by atoms with Crippen LogP contribution in [0.2, 0.25) is 0 Å². The van der Waals surface area contributed by atoms with Crippen LogP contribution in [0.15, 0.2) is 22.6 Å². The molecule has 35 heavy (non-hydrogen) atoms. The van der Waals surface area contributed by atoms with Gasteiger partial charge in [-0.05, 0) is 49.7 Å². The Hall–Kier alpha value is -2.82. The molecule has 1 aromatic carbocycles. The maximum atomic E-state index is 14.6. The lowest BCUT2D eigenvalue weighted by molar-refractivity contribution is -0.130. The van der Waals surface area contributed by atoms with E-state index in [1.54, 1.807) is 12.0 Å². The highest BCUT2D eigenvalue weighted by atomic mass is 19.4. The quantitative estimate of drug-likeness (QED) is 0.520. The van der Waals surface area contributed by atoms with Crippen molar-refractivity contribution in [3.05, 3.63) is 35.5 Å². The number of fused-ring (bicyclic) bond motifs is 1. The first kappa shape index (κ1) is 23.9. The number of carbonyl (C=O) groups excluding carboxylic acids is 1. The van der Waals surface area contributed by atoms with Crippen molar-refractivity contribution in [1.29, 1.82) is 0 Å². The Balaban J connectivity index is 1.29. The highest BCUT2D eigenvalue weighted by Gasteiger charge is 2.47. The van der Waals surface area contributed by atoms with Crippen LogP contribution in [-0.2, 0) is 11.2 Å². The molecule has 190 valence electrons. The number of anilines is 2. The fourth-order valence-electron chi connectivity index (χ4n) is 5.04. The van der Waals surface area contributed by atoms with Crippen LogP contribution >= 0.6 is 0 Å². The number of rotatable bonds is 8. The van der Waals surface area contributed by atoms with Crippen molar-refractivity contribution in [2.45, 2.75) is 56.9 Å². The van der Waals surface area contributed by atoms with E-state index >= 15 is 0 Å². The lowest BCUT2D eigenvalue weighted by Crippen LogP contribution is -2.62. The van der Waals surface area contributed by atoms with Gasteiger partial charge in [0.1, 0.15) is 17.8 Å². The number of halogens is 4. The number of hydrogen-bond acceptors (Lipinski definition) is 6. The molecule has 1 N–H and O–H groups in total. The standard InChI is InChI=1S/C24H27F4N3O4/c1-3-23(33-2)11-31(12-23)22-30-20(19(35-22)10-24(26,27)28)21(32)29-15-4-5-18(17(25)9-15)34-16-7-13-6-14(13)8-16/h4-5,9,13-14,16H,3,6-8,10-12H2,1-2H3,(H,29,32). The summed E-state index contributed by atoms with van der Waals surface area (Å²) < 4.78 is 70.5. The zero-order valence-electron chi connectivity index (χ0n) is 19.5. The Morgan fingerprint density at radius 3 is 2.57 bits per heavy atom. The molecule has 0 bridgehead atoms. The van der Waals surface area contributed by atoms with Crippen LogP contribution in [0.4, 0.5) is 29.3 Å². The first-order valence-corrected chi connectivity index (χ1v) is 11.7. The van der Waals surface area contributed by atoms with E-state index in [-0.39, 0.29) is 23.6 Å². The van der Waals surface area contributed by atoms with E-state index < -0.39 is 41.4 Å². The van der Waals surface area contributed by atoms with Gasteiger partial charge in [0.05, 0.1) is 19.2 Å². The second kappa shape index (κ2) is 8.69. The van der Waals surface area contributed by atoms with E-state index in [9.17, 15) is 22.4 Å². The molecule has 2 aromatic rings. The number of ether oxygens (including phenoxy) is 2. The van der Waals surface area contributed by atoms with Crippen LogP contribution in [0.1, 0.15) is 48.9 Å². The Morgan fingerprint density at radius 2 is 1.97 bits per heavy atom. The van der Waals surface area contributed by atoms with Crippen molar-refractivity contribution in [3.8, 4) is 5.75 Å². The third-order valence-electron chi connectivity index (χ3n) is 7.25. The van der Waals surface area contributed by atoms with Crippen LogP contribution in [0, 0.1) is 17.7 Å². The number of benzene rings is 1. The number of carbonyl (C=O) groups is 1. The number of aromatic nitrogens is 1. The number of oxazole rings is 1. The molecule has 1 amide bonds. The van der Waals surface area contributed by atoms with Crippen LogP contribution in [-0.4, -0.2) is 49.0 Å². The van der Waals surface area contributed by atoms with Gasteiger partial charge in [-0.15, -0.1) is 0 Å². The lowest BCUT2D eigenvalue weighted by atomic mass is 9.91. The minimum absolute atomic E-state index is 0.0155. The highest BCUT2D eigenvalue weighted by molar-refractivity contribution is 6.03. The van der Waals surface area contributed by atoms with Crippen molar-refractivity contribution in [1.82, 2.24) is 4.98 Å². The summed E-state index contributed by atoms with van der Waals surface area (Å²) in [6.45, 7) is 2.69. The highest BCUT2D eigenvalue weighted by Crippen LogP contribution is 2.52. The Bertz CT molecular complexity index is 1100. The summed E-state index contributed by atoms with van der Waals surface area (Å²) >= 11 is 0. The third-order valence-corrected chi connectivity index (χ3v) is 7.25. The van der Waals surface area contributed by atoms with Gasteiger partial charge in [0.15, 0.2) is 17.3 Å². The van der Waals surface area contributed by atoms with Gasteiger partial charge in [-0.1, -0.05) is 6.92 Å². The van der Waals surface area contributed by atoms with E-state index in [1.165, 1.54) is 18.6 Å². The zero-order chi connectivity index (χ0) is 25.0. The van der Waals surface area contributed by atoms with Crippen molar-refractivity contribution in [2.75, 3.05) is 30.4 Å². The van der Waals surface area contributed by atoms with Gasteiger partial charge in [0, 0.05) is 18.9 Å². The minimum Gasteiger partial charge on any atom is -0.487 e. The summed E-state index contributed by atoms with van der Waals surface area (Å²) in [5.74, 6) is -0.719. The molecule has 0 radical (unpaired) electrons. The van der Waals surface area contributed by atoms with Gasteiger partial charge in [0.25, 0.3) is 11.9 Å². The molecule has 11 heteroatoms. The van der Waals surface area contributed by atoms with E-state index in [2.05, 4.69) is 10.3 Å². The molecular weight excluding hydrogens is 470 g/mol. The Kier molecular flexibility index (Phi) is 5.93. The number of nitrogens with one attached hydrogen (secondary N) is 1. The molecule has 5 rings (SSSR count). The van der Waals surface area contributed by atoms with Gasteiger partial charge < -0.3 is 24.1 Å². The maximum Gasteiger partial charge on any atom is 0.396 e. The summed E-state index contributed by atoms with van der Waals surface area (Å²) in [5, 5.41) is 2.42. The molecule has 2 saturated carbocycles. The molecule has 3 aliphatic rings. The zero-order valence-corrected chi connectivity index (χ0v) is 19.5. The first-order valence-electron chi connectivity index (χ1n) is 11.7. The summed E-state index contributed by atoms with van der Waals surface area (Å²) in [5.41, 5.74) is -0.846. The first-order chi connectivity index (χ1) is 16.6. The Morgan fingerprint density at radius 1 is 1.26 bits per heavy atom. The molecule has 1 aliphatic heterocycles. The predicted octanol–water partition coefficient (Wildman–Crippen LogP) is 4.96. The number of amides is 1. The predicted molar refractivity (Wildman–Crippen MR) is 118 cm³/mol. The van der Waals surface area contributed by atoms with Gasteiger partial charge in [-0.2, -0.15) is 18.2 Å². The SMILES string of the molecule is CCC1(OC)CN(c2nc(C(=O)Nc3ccc(OC4CC5CC5C4)c(F)c3)c(CC(F)(F)F)o2)C1. The third kappa shape index (κ3) is 4.96. The monoisotopic (exact) mass is 497 g/mol. The fourth-order valence-corrected chi connectivity index (χ4v) is 5.04. The summed E-state index contributed by atoms with van der Waals surface area (Å²) in [4.78, 5) is 18.5. The van der Waals surface area contributed by atoms with Crippen molar-refractivity contribution < 1.29 is 36.2 Å². The second-order valence-corrected chi connectivity index (χ2v) is 9.72. The molecule has 7 nitrogen and oxygen atoms in total. The van der Waals surface area contributed by atoms with Gasteiger partial charge >= 0.3 is 6.18 Å². The summed E-state index contributed by atoms with van der Waals surface area (Å²) in [7, 11) is 1.57. The lowest BCUT2D eigenvalue weighted by Gasteiger charge is -2.47. The van der Waals surface area contributed by atoms with E-state index in [0.717, 1.165) is 18.9 Å². The number of hydrogen-bond donors (Lipinski definition) is 1. The summed E-state index contributed by atoms with van der Waals surface area (Å²) in [6.07, 6.45) is -2.32. The number of methoxy groups -OCH3 is 1. The van der Waals surface area contributed by atoms with Crippen LogP contribution in [0.25, 0.3) is 0 Å². The average Bonchev–Trinajstić information content (AvgIpc) is 3.17. The molecule has 2 aliphatic carbocycles. The topological polar surface area (TPSA) is 76.8 Å². The minimum atomic E-state index is -4.60. The van der Waals surface area contributed by atoms with Crippen LogP contribution in [0.3, 0.4) is 0 Å². The van der Waals surface area contributed by atoms with Crippen molar-refractivity contribution in [2.24, 2.45) is 11.8 Å². The number of nitrogens with zero attached hydrogens (tertiary/aromatic N) is 2. The molecule has 3 fully saturated rings. The largest absolute Gasteiger partial charge is 0.487 e. The van der Waals surface area contributed by atoms with Crippen LogP contribution in [0.5, 0.6) is 5.75 Å². The molecule has 0 spiro atoms. The molecule has 1 saturated heterocycles. The van der Waals surface area contributed by atoms with E-state index in [4.69, 9.17) is 13.9 Å². The van der Waals surface area contributed by atoms with Crippen molar-refractivity contribution in [3.63, 3.8) is 0 Å². The van der Waals surface area contributed by atoms with Crippen molar-refractivity contribution >= 4 is 17.6 Å². The second-order valence-electron chi connectivity index (χ2n) is 9.72. The van der Waals surface area contributed by atoms with Crippen LogP contribution < -0.4 is 15.0 Å². The average molecular weight is 497 g/mol. The van der Waals surface area contributed by atoms with Gasteiger partial charge in [0.2, 0.25) is 0 Å². The molecule has 2 atom stereocenters. The van der Waals surface area contributed by atoms with E-state index in [1.807, 2.05) is 6.92 Å². The molecule has 2 heterocycles. The molecule has 1 aromatic heterocycles. The fraction of sp³-hybridized carbons (Fsp3) is 0.583. The van der Waals surface area contributed by atoms with Gasteiger partial charge in [-0.3, -0.25) is 4.79 Å². The number of alkyl halides is 3.